The maximum atomic E-state index is 11.7. The lowest BCUT2D eigenvalue weighted by atomic mass is 10.1. The number of nitrogens with zero attached hydrogens (tertiary/aromatic N) is 1. The Morgan fingerprint density at radius 3 is 2.88 bits per heavy atom. The van der Waals surface area contributed by atoms with Gasteiger partial charge in [0.25, 0.3) is 0 Å². The third kappa shape index (κ3) is 4.38. The number of aromatic nitrogens is 1. The van der Waals surface area contributed by atoms with Crippen molar-refractivity contribution in [2.24, 2.45) is 11.5 Å². The molecule has 1 heterocycles. The zero-order valence-corrected chi connectivity index (χ0v) is 9.73. The zero-order chi connectivity index (χ0) is 12.7. The number of nitrogens with one attached hydrogen (secondary N) is 1. The molecule has 0 aliphatic heterocycles. The van der Waals surface area contributed by atoms with Crippen LogP contribution in [0.3, 0.4) is 0 Å². The van der Waals surface area contributed by atoms with Gasteiger partial charge in [-0.05, 0) is 25.5 Å². The average molecular weight is 237 g/mol. The predicted octanol–water partition coefficient (Wildman–Crippen LogP) is 0.0586. The monoisotopic (exact) mass is 237 g/mol. The summed E-state index contributed by atoms with van der Waals surface area (Å²) in [5.74, 6) is -0.236. The molecule has 1 amide bonds. The van der Waals surface area contributed by atoms with E-state index in [1.807, 2.05) is 0 Å². The van der Waals surface area contributed by atoms with E-state index in [0.717, 1.165) is 12.8 Å². The van der Waals surface area contributed by atoms with Gasteiger partial charge < -0.3 is 22.5 Å². The molecule has 0 saturated carbocycles. The first-order chi connectivity index (χ1) is 8.15. The van der Waals surface area contributed by atoms with Crippen LogP contribution in [0.1, 0.15) is 19.3 Å². The first kappa shape index (κ1) is 13.4. The number of hydrogen-bond acceptors (Lipinski definition) is 5. The molecule has 6 heteroatoms. The highest BCUT2D eigenvalue weighted by molar-refractivity contribution is 5.96. The number of pyridine rings is 1. The van der Waals surface area contributed by atoms with Crippen LogP contribution < -0.4 is 22.5 Å². The normalized spacial score (nSPS) is 12.1. The van der Waals surface area contributed by atoms with Crippen LogP contribution in [-0.2, 0) is 4.79 Å². The fourth-order valence-electron chi connectivity index (χ4n) is 1.39. The van der Waals surface area contributed by atoms with Gasteiger partial charge in [0.1, 0.15) is 0 Å². The molecule has 0 aliphatic rings. The number of unbranched alkanes of at least 4 members (excludes halogenated alkanes) is 1. The van der Waals surface area contributed by atoms with Gasteiger partial charge in [0.2, 0.25) is 5.91 Å². The van der Waals surface area contributed by atoms with E-state index in [0.29, 0.717) is 24.3 Å². The number of hydrogen-bond donors (Lipinski definition) is 4. The second-order valence-electron chi connectivity index (χ2n) is 3.84. The van der Waals surface area contributed by atoms with E-state index >= 15 is 0 Å². The van der Waals surface area contributed by atoms with Crippen LogP contribution in [0.5, 0.6) is 0 Å². The van der Waals surface area contributed by atoms with E-state index < -0.39 is 6.04 Å². The molecule has 6 nitrogen and oxygen atoms in total. The van der Waals surface area contributed by atoms with Crippen molar-refractivity contribution in [1.29, 1.82) is 0 Å². The van der Waals surface area contributed by atoms with Crippen LogP contribution in [-0.4, -0.2) is 23.5 Å². The predicted molar refractivity (Wildman–Crippen MR) is 68.2 cm³/mol. The standard InChI is InChI=1S/C11H19N5O/c12-5-2-1-3-8(13)11(17)16-10-4-6-15-7-9(10)14/h4,6-8H,1-3,5,12-14H2,(H,15,16,17)/t8-/m0/s1. The van der Waals surface area contributed by atoms with Gasteiger partial charge in [0, 0.05) is 6.20 Å². The Labute approximate surface area is 101 Å². The minimum Gasteiger partial charge on any atom is -0.396 e. The molecule has 7 N–H and O–H groups in total. The maximum Gasteiger partial charge on any atom is 0.241 e. The fraction of sp³-hybridized carbons (Fsp3) is 0.455. The first-order valence-corrected chi connectivity index (χ1v) is 5.61. The quantitative estimate of drug-likeness (QED) is 0.521. The van der Waals surface area contributed by atoms with Crippen LogP contribution in [0.4, 0.5) is 11.4 Å². The van der Waals surface area contributed by atoms with Gasteiger partial charge in [0.15, 0.2) is 0 Å². The van der Waals surface area contributed by atoms with Gasteiger partial charge in [-0.2, -0.15) is 0 Å². The van der Waals surface area contributed by atoms with Gasteiger partial charge in [-0.25, -0.2) is 0 Å². The molecule has 0 aliphatic carbocycles. The highest BCUT2D eigenvalue weighted by atomic mass is 16.2. The average Bonchev–Trinajstić information content (AvgIpc) is 2.32. The SMILES string of the molecule is NCCCC[C@H](N)C(=O)Nc1ccncc1N. The van der Waals surface area contributed by atoms with E-state index in [4.69, 9.17) is 17.2 Å². The first-order valence-electron chi connectivity index (χ1n) is 5.61. The van der Waals surface area contributed by atoms with Gasteiger partial charge in [-0.1, -0.05) is 6.42 Å². The summed E-state index contributed by atoms with van der Waals surface area (Å²) in [5.41, 5.74) is 17.7. The van der Waals surface area contributed by atoms with Crippen molar-refractivity contribution in [3.8, 4) is 0 Å². The van der Waals surface area contributed by atoms with Crippen LogP contribution in [0.15, 0.2) is 18.5 Å². The molecule has 0 saturated heterocycles. The van der Waals surface area contributed by atoms with Crippen molar-refractivity contribution in [2.45, 2.75) is 25.3 Å². The number of anilines is 2. The molecule has 1 rings (SSSR count). The Hall–Kier alpha value is -1.66. The van der Waals surface area contributed by atoms with E-state index in [-0.39, 0.29) is 5.91 Å². The van der Waals surface area contributed by atoms with Gasteiger partial charge in [-0.3, -0.25) is 9.78 Å². The lowest BCUT2D eigenvalue weighted by Crippen LogP contribution is -2.35. The van der Waals surface area contributed by atoms with Crippen LogP contribution in [0, 0.1) is 0 Å². The number of carbonyl (C=O) groups excluding carboxylic acids is 1. The molecule has 1 aromatic rings. The van der Waals surface area contributed by atoms with Gasteiger partial charge >= 0.3 is 0 Å². The Kier molecular flexibility index (Phi) is 5.38. The van der Waals surface area contributed by atoms with Crippen molar-refractivity contribution < 1.29 is 4.79 Å². The Morgan fingerprint density at radius 2 is 2.24 bits per heavy atom. The highest BCUT2D eigenvalue weighted by Gasteiger charge is 2.13. The third-order valence-corrected chi connectivity index (χ3v) is 2.42. The number of nitrogen functional groups attached to an aromatic ring is 1. The van der Waals surface area contributed by atoms with E-state index in [9.17, 15) is 4.79 Å². The number of carbonyl (C=O) groups is 1. The van der Waals surface area contributed by atoms with Crippen LogP contribution in [0.2, 0.25) is 0 Å². The summed E-state index contributed by atoms with van der Waals surface area (Å²) in [6, 6.07) is 1.11. The number of nitrogens with two attached hydrogens (primary N) is 3. The van der Waals surface area contributed by atoms with Crippen LogP contribution in [0.25, 0.3) is 0 Å². The minimum absolute atomic E-state index is 0.236. The lowest BCUT2D eigenvalue weighted by molar-refractivity contribution is -0.117. The van der Waals surface area contributed by atoms with Gasteiger partial charge in [0.05, 0.1) is 23.6 Å². The summed E-state index contributed by atoms with van der Waals surface area (Å²) in [6.45, 7) is 0.617. The van der Waals surface area contributed by atoms with E-state index in [2.05, 4.69) is 10.3 Å². The minimum atomic E-state index is -0.533. The number of rotatable bonds is 6. The molecule has 0 aromatic carbocycles. The molecular formula is C11H19N5O. The van der Waals surface area contributed by atoms with E-state index in [1.165, 1.54) is 6.20 Å². The maximum absolute atomic E-state index is 11.7. The van der Waals surface area contributed by atoms with Crippen LogP contribution >= 0.6 is 0 Å². The molecule has 1 aromatic heterocycles. The summed E-state index contributed by atoms with van der Waals surface area (Å²) in [4.78, 5) is 15.6. The molecule has 1 atom stereocenters. The van der Waals surface area contributed by atoms with Crippen molar-refractivity contribution in [3.63, 3.8) is 0 Å². The molecular weight excluding hydrogens is 218 g/mol. The molecule has 0 spiro atoms. The summed E-state index contributed by atoms with van der Waals surface area (Å²) in [7, 11) is 0. The largest absolute Gasteiger partial charge is 0.396 e. The van der Waals surface area contributed by atoms with E-state index in [1.54, 1.807) is 12.3 Å². The van der Waals surface area contributed by atoms with Crippen molar-refractivity contribution in [2.75, 3.05) is 17.6 Å². The summed E-state index contributed by atoms with van der Waals surface area (Å²) < 4.78 is 0. The molecule has 0 fully saturated rings. The summed E-state index contributed by atoms with van der Waals surface area (Å²) >= 11 is 0. The molecule has 0 radical (unpaired) electrons. The molecule has 0 bridgehead atoms. The summed E-state index contributed by atoms with van der Waals surface area (Å²) in [5, 5.41) is 2.68. The molecule has 0 unspecified atom stereocenters. The fourth-order valence-corrected chi connectivity index (χ4v) is 1.39. The molecule has 94 valence electrons. The highest BCUT2D eigenvalue weighted by Crippen LogP contribution is 2.15. The Balaban J connectivity index is 2.46. The van der Waals surface area contributed by atoms with Crippen molar-refractivity contribution in [3.05, 3.63) is 18.5 Å². The zero-order valence-electron chi connectivity index (χ0n) is 9.73. The number of amides is 1. The second kappa shape index (κ2) is 6.82. The van der Waals surface area contributed by atoms with Gasteiger partial charge in [-0.15, -0.1) is 0 Å². The smallest absolute Gasteiger partial charge is 0.241 e. The van der Waals surface area contributed by atoms with Crippen molar-refractivity contribution in [1.82, 2.24) is 4.98 Å². The Morgan fingerprint density at radius 1 is 1.47 bits per heavy atom. The molecule has 17 heavy (non-hydrogen) atoms. The summed E-state index contributed by atoms with van der Waals surface area (Å²) in [6.07, 6.45) is 5.38. The topological polar surface area (TPSA) is 120 Å². The second-order valence-corrected chi connectivity index (χ2v) is 3.84. The lowest BCUT2D eigenvalue weighted by Gasteiger charge is -2.12. The third-order valence-electron chi connectivity index (χ3n) is 2.42. The Bertz CT molecular complexity index is 369. The van der Waals surface area contributed by atoms with Crippen molar-refractivity contribution >= 4 is 17.3 Å².